The Morgan fingerprint density at radius 2 is 1.80 bits per heavy atom. The Hall–Kier alpha value is -1.87. The zero-order valence-electron chi connectivity index (χ0n) is 11.7. The number of esters is 1. The van der Waals surface area contributed by atoms with Crippen LogP contribution in [0, 0.1) is 11.3 Å². The lowest BCUT2D eigenvalue weighted by Crippen LogP contribution is -2.29. The van der Waals surface area contributed by atoms with E-state index >= 15 is 0 Å². The minimum Gasteiger partial charge on any atom is -0.459 e. The van der Waals surface area contributed by atoms with Crippen molar-refractivity contribution in [3.63, 3.8) is 0 Å². The summed E-state index contributed by atoms with van der Waals surface area (Å²) in [5.41, 5.74) is 0.284. The summed E-state index contributed by atoms with van der Waals surface area (Å²) in [4.78, 5) is 11.5. The van der Waals surface area contributed by atoms with Gasteiger partial charge in [0.05, 0.1) is 17.4 Å². The SMILES string of the molecule is CC(C)(C)OC(=O)CS(=O)(=O)Cc1ccc(C#N)cc1. The lowest BCUT2D eigenvalue weighted by Gasteiger charge is -2.19. The highest BCUT2D eigenvalue weighted by Crippen LogP contribution is 2.11. The first-order valence-corrected chi connectivity index (χ1v) is 7.85. The maximum atomic E-state index is 11.9. The third-order valence-electron chi connectivity index (χ3n) is 2.23. The first-order chi connectivity index (χ1) is 9.11. The molecule has 0 aliphatic carbocycles. The summed E-state index contributed by atoms with van der Waals surface area (Å²) in [7, 11) is -3.58. The monoisotopic (exact) mass is 295 g/mol. The van der Waals surface area contributed by atoms with E-state index in [9.17, 15) is 13.2 Å². The molecule has 0 spiro atoms. The highest BCUT2D eigenvalue weighted by molar-refractivity contribution is 7.91. The van der Waals surface area contributed by atoms with Crippen LogP contribution in [0.5, 0.6) is 0 Å². The van der Waals surface area contributed by atoms with Crippen molar-refractivity contribution in [3.8, 4) is 6.07 Å². The van der Waals surface area contributed by atoms with Crippen molar-refractivity contribution in [3.05, 3.63) is 35.4 Å². The second kappa shape index (κ2) is 6.06. The quantitative estimate of drug-likeness (QED) is 0.791. The third-order valence-corrected chi connectivity index (χ3v) is 3.68. The van der Waals surface area contributed by atoms with Crippen molar-refractivity contribution < 1.29 is 17.9 Å². The van der Waals surface area contributed by atoms with Crippen LogP contribution in [0.3, 0.4) is 0 Å². The van der Waals surface area contributed by atoms with Gasteiger partial charge < -0.3 is 4.74 Å². The number of nitriles is 1. The first-order valence-electron chi connectivity index (χ1n) is 6.03. The fourth-order valence-corrected chi connectivity index (χ4v) is 2.75. The summed E-state index contributed by atoms with van der Waals surface area (Å²) in [6, 6.07) is 8.15. The van der Waals surface area contributed by atoms with Gasteiger partial charge in [0.2, 0.25) is 0 Å². The lowest BCUT2D eigenvalue weighted by molar-refractivity contribution is -0.151. The van der Waals surface area contributed by atoms with E-state index in [0.29, 0.717) is 11.1 Å². The summed E-state index contributed by atoms with van der Waals surface area (Å²) < 4.78 is 28.8. The van der Waals surface area contributed by atoms with Gasteiger partial charge in [-0.25, -0.2) is 8.42 Å². The van der Waals surface area contributed by atoms with Gasteiger partial charge in [0.1, 0.15) is 11.4 Å². The molecule has 20 heavy (non-hydrogen) atoms. The molecule has 0 bridgehead atoms. The van der Waals surface area contributed by atoms with Gasteiger partial charge in [-0.15, -0.1) is 0 Å². The molecule has 5 nitrogen and oxygen atoms in total. The number of benzene rings is 1. The number of ether oxygens (including phenoxy) is 1. The van der Waals surface area contributed by atoms with Gasteiger partial charge >= 0.3 is 5.97 Å². The molecule has 0 amide bonds. The van der Waals surface area contributed by atoms with Crippen molar-refractivity contribution in [2.75, 3.05) is 5.75 Å². The standard InChI is InChI=1S/C14H17NO4S/c1-14(2,3)19-13(16)10-20(17,18)9-12-6-4-11(8-15)5-7-12/h4-7H,9-10H2,1-3H3. The van der Waals surface area contributed by atoms with Crippen LogP contribution >= 0.6 is 0 Å². The first kappa shape index (κ1) is 16.2. The van der Waals surface area contributed by atoms with Crippen LogP contribution in [0.15, 0.2) is 24.3 Å². The van der Waals surface area contributed by atoms with E-state index in [1.807, 2.05) is 6.07 Å². The van der Waals surface area contributed by atoms with Crippen molar-refractivity contribution in [2.45, 2.75) is 32.1 Å². The summed E-state index contributed by atoms with van der Waals surface area (Å²) in [6.07, 6.45) is 0. The number of carbonyl (C=O) groups excluding carboxylic acids is 1. The van der Waals surface area contributed by atoms with E-state index in [1.54, 1.807) is 45.0 Å². The average molecular weight is 295 g/mol. The number of hydrogen-bond donors (Lipinski definition) is 0. The molecule has 0 aliphatic rings. The topological polar surface area (TPSA) is 84.2 Å². The van der Waals surface area contributed by atoms with Crippen LogP contribution in [0.25, 0.3) is 0 Å². The normalized spacial score (nSPS) is 11.7. The largest absolute Gasteiger partial charge is 0.459 e. The molecule has 0 atom stereocenters. The van der Waals surface area contributed by atoms with Gasteiger partial charge in [0.15, 0.2) is 9.84 Å². The van der Waals surface area contributed by atoms with E-state index < -0.39 is 27.2 Å². The van der Waals surface area contributed by atoms with Gasteiger partial charge in [0.25, 0.3) is 0 Å². The summed E-state index contributed by atoms with van der Waals surface area (Å²) in [5, 5.41) is 8.66. The van der Waals surface area contributed by atoms with Gasteiger partial charge in [-0.1, -0.05) is 12.1 Å². The minimum absolute atomic E-state index is 0.252. The number of sulfone groups is 1. The van der Waals surface area contributed by atoms with E-state index in [0.717, 1.165) is 0 Å². The van der Waals surface area contributed by atoms with Crippen molar-refractivity contribution in [1.29, 1.82) is 5.26 Å². The molecule has 0 saturated carbocycles. The minimum atomic E-state index is -3.58. The van der Waals surface area contributed by atoms with Crippen molar-refractivity contribution in [1.82, 2.24) is 0 Å². The van der Waals surface area contributed by atoms with Crippen LogP contribution in [0.4, 0.5) is 0 Å². The van der Waals surface area contributed by atoms with E-state index in [-0.39, 0.29) is 5.75 Å². The zero-order valence-corrected chi connectivity index (χ0v) is 12.5. The average Bonchev–Trinajstić information content (AvgIpc) is 2.25. The summed E-state index contributed by atoms with van der Waals surface area (Å²) >= 11 is 0. The molecule has 0 aromatic heterocycles. The summed E-state index contributed by atoms with van der Waals surface area (Å²) in [6.45, 7) is 5.04. The highest BCUT2D eigenvalue weighted by Gasteiger charge is 2.23. The maximum absolute atomic E-state index is 11.9. The molecule has 0 saturated heterocycles. The molecule has 0 N–H and O–H groups in total. The van der Waals surface area contributed by atoms with Crippen LogP contribution in [-0.2, 0) is 25.1 Å². The fourth-order valence-electron chi connectivity index (χ4n) is 1.53. The molecule has 1 aromatic rings. The summed E-state index contributed by atoms with van der Waals surface area (Å²) in [5.74, 6) is -1.66. The zero-order chi connectivity index (χ0) is 15.4. The Bertz CT molecular complexity index is 619. The molecule has 1 rings (SSSR count). The van der Waals surface area contributed by atoms with Gasteiger partial charge in [-0.3, -0.25) is 4.79 Å². The Morgan fingerprint density at radius 3 is 2.25 bits per heavy atom. The molecule has 0 aliphatic heterocycles. The second-order valence-electron chi connectivity index (χ2n) is 5.43. The van der Waals surface area contributed by atoms with E-state index in [4.69, 9.17) is 10.00 Å². The molecule has 0 unspecified atom stereocenters. The number of rotatable bonds is 4. The molecule has 0 fully saturated rings. The van der Waals surface area contributed by atoms with Crippen molar-refractivity contribution in [2.24, 2.45) is 0 Å². The van der Waals surface area contributed by atoms with E-state index in [2.05, 4.69) is 0 Å². The number of carbonyl (C=O) groups is 1. The second-order valence-corrected chi connectivity index (χ2v) is 7.49. The maximum Gasteiger partial charge on any atom is 0.321 e. The lowest BCUT2D eigenvalue weighted by atomic mass is 10.2. The van der Waals surface area contributed by atoms with Crippen LogP contribution in [0.2, 0.25) is 0 Å². The van der Waals surface area contributed by atoms with Crippen molar-refractivity contribution >= 4 is 15.8 Å². The molecular formula is C14H17NO4S. The smallest absolute Gasteiger partial charge is 0.321 e. The molecule has 1 aromatic carbocycles. The third kappa shape index (κ3) is 5.85. The van der Waals surface area contributed by atoms with Crippen LogP contribution in [0.1, 0.15) is 31.9 Å². The molecular weight excluding hydrogens is 278 g/mol. The van der Waals surface area contributed by atoms with Crippen LogP contribution in [-0.4, -0.2) is 25.7 Å². The molecule has 108 valence electrons. The Balaban J connectivity index is 2.70. The Morgan fingerprint density at radius 1 is 1.25 bits per heavy atom. The predicted molar refractivity (Wildman–Crippen MR) is 74.5 cm³/mol. The molecule has 6 heteroatoms. The fraction of sp³-hybridized carbons (Fsp3) is 0.429. The van der Waals surface area contributed by atoms with Gasteiger partial charge in [-0.2, -0.15) is 5.26 Å². The Kier molecular flexibility index (Phi) is 4.90. The predicted octanol–water partition coefficient (Wildman–Crippen LogP) is 1.81. The number of hydrogen-bond acceptors (Lipinski definition) is 5. The highest BCUT2D eigenvalue weighted by atomic mass is 32.2. The van der Waals surface area contributed by atoms with Crippen LogP contribution < -0.4 is 0 Å². The Labute approximate surface area is 119 Å². The van der Waals surface area contributed by atoms with E-state index in [1.165, 1.54) is 0 Å². The number of nitrogens with zero attached hydrogens (tertiary/aromatic N) is 1. The molecule has 0 heterocycles. The van der Waals surface area contributed by atoms with Gasteiger partial charge in [-0.05, 0) is 38.5 Å². The van der Waals surface area contributed by atoms with Gasteiger partial charge in [0, 0.05) is 0 Å². The molecule has 0 radical (unpaired) electrons.